The molecule has 0 heterocycles. The summed E-state index contributed by atoms with van der Waals surface area (Å²) in [6, 6.07) is 6.56. The lowest BCUT2D eigenvalue weighted by Gasteiger charge is -1.96. The van der Waals surface area contributed by atoms with E-state index in [0.29, 0.717) is 0 Å². The first-order valence-corrected chi connectivity index (χ1v) is 3.68. The van der Waals surface area contributed by atoms with E-state index >= 15 is 0 Å². The molecule has 0 bridgehead atoms. The van der Waals surface area contributed by atoms with Crippen molar-refractivity contribution in [3.8, 4) is 6.26 Å². The van der Waals surface area contributed by atoms with Crippen LogP contribution < -0.4 is 0 Å². The molecule has 0 aliphatic carbocycles. The molecule has 1 aromatic carbocycles. The SMILES string of the molecule is Cc1cc(C)cc(C)c1.N#CO. The number of nitrogens with zero attached hydrogens (tertiary/aromatic N) is 1. The number of nitriles is 1. The van der Waals surface area contributed by atoms with Crippen molar-refractivity contribution in [1.29, 1.82) is 5.26 Å². The van der Waals surface area contributed by atoms with E-state index < -0.39 is 0 Å². The van der Waals surface area contributed by atoms with E-state index in [2.05, 4.69) is 39.0 Å². The van der Waals surface area contributed by atoms with Crippen molar-refractivity contribution in [2.24, 2.45) is 0 Å². The van der Waals surface area contributed by atoms with Gasteiger partial charge in [-0.15, -0.1) is 0 Å². The molecule has 64 valence electrons. The number of benzene rings is 1. The lowest BCUT2D eigenvalue weighted by atomic mass is 10.1. The van der Waals surface area contributed by atoms with Gasteiger partial charge in [-0.2, -0.15) is 5.26 Å². The van der Waals surface area contributed by atoms with Gasteiger partial charge >= 0.3 is 0 Å². The van der Waals surface area contributed by atoms with Crippen LogP contribution in [0.15, 0.2) is 18.2 Å². The third-order valence-corrected chi connectivity index (χ3v) is 1.37. The molecule has 0 aliphatic heterocycles. The Kier molecular flexibility index (Phi) is 4.55. The fraction of sp³-hybridized carbons (Fsp3) is 0.300. The van der Waals surface area contributed by atoms with E-state index in [-0.39, 0.29) is 0 Å². The van der Waals surface area contributed by atoms with E-state index in [0.717, 1.165) is 6.26 Å². The lowest BCUT2D eigenvalue weighted by molar-refractivity contribution is 0.503. The zero-order valence-electron chi connectivity index (χ0n) is 7.63. The standard InChI is InChI=1S/C9H12.CHNO/c1-7-4-8(2)6-9(3)5-7;2-1-3/h4-6H,1-3H3;3H. The third-order valence-electron chi connectivity index (χ3n) is 1.37. The second-order valence-corrected chi connectivity index (χ2v) is 2.77. The molecule has 0 aromatic heterocycles. The second-order valence-electron chi connectivity index (χ2n) is 2.77. The van der Waals surface area contributed by atoms with Gasteiger partial charge in [-0.1, -0.05) is 34.9 Å². The van der Waals surface area contributed by atoms with Crippen LogP contribution in [0.3, 0.4) is 0 Å². The maximum absolute atomic E-state index is 6.88. The number of hydrogen-bond acceptors (Lipinski definition) is 2. The first kappa shape index (κ1) is 10.5. The average molecular weight is 163 g/mol. The quantitative estimate of drug-likeness (QED) is 0.597. The fourth-order valence-electron chi connectivity index (χ4n) is 1.20. The van der Waals surface area contributed by atoms with Crippen LogP contribution in [0.2, 0.25) is 0 Å². The van der Waals surface area contributed by atoms with Crippen LogP contribution in [0.1, 0.15) is 16.7 Å². The summed E-state index contributed by atoms with van der Waals surface area (Å²) in [5.41, 5.74) is 4.06. The molecule has 0 saturated carbocycles. The summed E-state index contributed by atoms with van der Waals surface area (Å²) in [6.07, 6.45) is 0.750. The van der Waals surface area contributed by atoms with Gasteiger partial charge in [0.2, 0.25) is 0 Å². The van der Waals surface area contributed by atoms with Crippen LogP contribution in [-0.2, 0) is 0 Å². The summed E-state index contributed by atoms with van der Waals surface area (Å²) < 4.78 is 0. The highest BCUT2D eigenvalue weighted by atomic mass is 16.2. The van der Waals surface area contributed by atoms with Crippen molar-refractivity contribution in [2.75, 3.05) is 0 Å². The Bertz CT molecular complexity index is 236. The van der Waals surface area contributed by atoms with Gasteiger partial charge in [0.1, 0.15) is 0 Å². The Labute approximate surface area is 73.1 Å². The summed E-state index contributed by atoms with van der Waals surface area (Å²) in [5.74, 6) is 0. The Hall–Kier alpha value is -1.49. The lowest BCUT2D eigenvalue weighted by Crippen LogP contribution is -1.78. The molecule has 0 spiro atoms. The minimum Gasteiger partial charge on any atom is -0.443 e. The van der Waals surface area contributed by atoms with Gasteiger partial charge in [-0.25, -0.2) is 0 Å². The number of hydrogen-bond donors (Lipinski definition) is 1. The van der Waals surface area contributed by atoms with Crippen molar-refractivity contribution in [2.45, 2.75) is 20.8 Å². The molecule has 1 aromatic rings. The second kappa shape index (κ2) is 5.20. The highest BCUT2D eigenvalue weighted by Gasteiger charge is 1.87. The maximum atomic E-state index is 6.88. The number of aliphatic hydroxyl groups excluding tert-OH is 1. The predicted octanol–water partition coefficient (Wildman–Crippen LogP) is 2.45. The summed E-state index contributed by atoms with van der Waals surface area (Å²) in [7, 11) is 0. The van der Waals surface area contributed by atoms with Crippen LogP contribution in [0.5, 0.6) is 0 Å². The molecule has 0 amide bonds. The minimum absolute atomic E-state index is 0.750. The first-order chi connectivity index (χ1) is 5.60. The van der Waals surface area contributed by atoms with Crippen LogP contribution in [0.4, 0.5) is 0 Å². The zero-order valence-corrected chi connectivity index (χ0v) is 7.63. The van der Waals surface area contributed by atoms with Gasteiger partial charge in [0, 0.05) is 0 Å². The van der Waals surface area contributed by atoms with Gasteiger partial charge in [0.15, 0.2) is 0 Å². The van der Waals surface area contributed by atoms with Gasteiger partial charge in [-0.3, -0.25) is 0 Å². The molecule has 1 N–H and O–H groups in total. The van der Waals surface area contributed by atoms with E-state index in [1.165, 1.54) is 16.7 Å². The smallest absolute Gasteiger partial charge is 0.283 e. The van der Waals surface area contributed by atoms with Crippen LogP contribution in [0, 0.1) is 32.3 Å². The molecule has 12 heavy (non-hydrogen) atoms. The third kappa shape index (κ3) is 4.35. The molecule has 1 rings (SSSR count). The maximum Gasteiger partial charge on any atom is 0.283 e. The topological polar surface area (TPSA) is 44.0 Å². The van der Waals surface area contributed by atoms with Gasteiger partial charge in [0.25, 0.3) is 6.26 Å². The number of aryl methyl sites for hydroxylation is 3. The van der Waals surface area contributed by atoms with Crippen molar-refractivity contribution < 1.29 is 5.11 Å². The largest absolute Gasteiger partial charge is 0.443 e. The summed E-state index contributed by atoms with van der Waals surface area (Å²) in [6.45, 7) is 6.38. The molecular formula is C10H13NO. The molecule has 0 saturated heterocycles. The molecule has 0 fully saturated rings. The Balaban J connectivity index is 0.000000354. The van der Waals surface area contributed by atoms with Crippen LogP contribution >= 0.6 is 0 Å². The fourth-order valence-corrected chi connectivity index (χ4v) is 1.20. The first-order valence-electron chi connectivity index (χ1n) is 3.68. The van der Waals surface area contributed by atoms with Crippen molar-refractivity contribution in [3.63, 3.8) is 0 Å². The Morgan fingerprint density at radius 3 is 1.33 bits per heavy atom. The molecule has 0 radical (unpaired) electrons. The van der Waals surface area contributed by atoms with Gasteiger partial charge < -0.3 is 5.11 Å². The zero-order chi connectivity index (χ0) is 9.56. The molecule has 0 unspecified atom stereocenters. The molecule has 2 nitrogen and oxygen atoms in total. The highest BCUT2D eigenvalue weighted by Crippen LogP contribution is 2.06. The molecule has 2 heteroatoms. The number of rotatable bonds is 0. The van der Waals surface area contributed by atoms with E-state index in [1.807, 2.05) is 0 Å². The highest BCUT2D eigenvalue weighted by molar-refractivity contribution is 5.27. The van der Waals surface area contributed by atoms with Gasteiger partial charge in [0.05, 0.1) is 0 Å². The van der Waals surface area contributed by atoms with Crippen molar-refractivity contribution >= 4 is 0 Å². The average Bonchev–Trinajstić information content (AvgIpc) is 1.84. The summed E-state index contributed by atoms with van der Waals surface area (Å²) in [4.78, 5) is 0. The molecule has 0 aliphatic rings. The van der Waals surface area contributed by atoms with Gasteiger partial charge in [-0.05, 0) is 20.8 Å². The molecule has 0 atom stereocenters. The monoisotopic (exact) mass is 163 g/mol. The summed E-state index contributed by atoms with van der Waals surface area (Å²) >= 11 is 0. The predicted molar refractivity (Wildman–Crippen MR) is 48.2 cm³/mol. The van der Waals surface area contributed by atoms with Crippen molar-refractivity contribution in [1.82, 2.24) is 0 Å². The van der Waals surface area contributed by atoms with E-state index in [9.17, 15) is 0 Å². The molecular weight excluding hydrogens is 150 g/mol. The van der Waals surface area contributed by atoms with Crippen molar-refractivity contribution in [3.05, 3.63) is 34.9 Å². The Morgan fingerprint density at radius 1 is 1.00 bits per heavy atom. The summed E-state index contributed by atoms with van der Waals surface area (Å²) in [5, 5.41) is 13.8. The van der Waals surface area contributed by atoms with Crippen LogP contribution in [0.25, 0.3) is 0 Å². The number of aliphatic hydroxyl groups is 1. The van der Waals surface area contributed by atoms with Crippen LogP contribution in [-0.4, -0.2) is 5.11 Å². The normalized spacial score (nSPS) is 7.83. The Morgan fingerprint density at radius 2 is 1.17 bits per heavy atom. The van der Waals surface area contributed by atoms with E-state index in [1.54, 1.807) is 0 Å². The van der Waals surface area contributed by atoms with E-state index in [4.69, 9.17) is 10.4 Å². The minimum atomic E-state index is 0.750.